The van der Waals surface area contributed by atoms with Crippen molar-refractivity contribution in [2.24, 2.45) is 0 Å². The summed E-state index contributed by atoms with van der Waals surface area (Å²) in [5, 5.41) is 5.57. The van der Waals surface area contributed by atoms with E-state index in [2.05, 4.69) is 33.8 Å². The van der Waals surface area contributed by atoms with Crippen LogP contribution in [0.2, 0.25) is 5.02 Å². The number of hydrogen-bond acceptors (Lipinski definition) is 6. The first-order valence-corrected chi connectivity index (χ1v) is 11.1. The molecule has 0 amide bonds. The van der Waals surface area contributed by atoms with Gasteiger partial charge < -0.3 is 14.2 Å². The summed E-state index contributed by atoms with van der Waals surface area (Å²) >= 11 is 6.26. The van der Waals surface area contributed by atoms with Crippen LogP contribution in [-0.4, -0.2) is 45.8 Å². The van der Waals surface area contributed by atoms with E-state index in [1.54, 1.807) is 6.26 Å². The Morgan fingerprint density at radius 1 is 1.00 bits per heavy atom. The maximum Gasteiger partial charge on any atom is 0.255 e. The van der Waals surface area contributed by atoms with Gasteiger partial charge in [-0.3, -0.25) is 0 Å². The lowest BCUT2D eigenvalue weighted by atomic mass is 10.1. The molecule has 0 saturated carbocycles. The summed E-state index contributed by atoms with van der Waals surface area (Å²) in [5.41, 5.74) is 4.95. The summed E-state index contributed by atoms with van der Waals surface area (Å²) in [6.45, 7) is 5.82. The Kier molecular flexibility index (Phi) is 4.38. The molecule has 158 valence electrons. The van der Waals surface area contributed by atoms with Crippen molar-refractivity contribution in [1.82, 2.24) is 19.6 Å². The SMILES string of the molecule is Cc1ccc(Cl)cc1N1CCN(c2c3c(nc4nc(-c5ccco5)nn24)CCC3)CC1. The minimum absolute atomic E-state index is 0.579. The number of furan rings is 1. The van der Waals surface area contributed by atoms with Crippen LogP contribution < -0.4 is 9.80 Å². The van der Waals surface area contributed by atoms with Crippen LogP contribution in [0, 0.1) is 6.92 Å². The van der Waals surface area contributed by atoms with Crippen LogP contribution in [0.5, 0.6) is 0 Å². The number of benzene rings is 1. The molecular weight excluding hydrogens is 412 g/mol. The van der Waals surface area contributed by atoms with Gasteiger partial charge in [-0.1, -0.05) is 17.7 Å². The maximum atomic E-state index is 6.26. The van der Waals surface area contributed by atoms with Crippen LogP contribution in [-0.2, 0) is 12.8 Å². The highest BCUT2D eigenvalue weighted by molar-refractivity contribution is 6.30. The molecule has 1 aliphatic carbocycles. The molecule has 0 N–H and O–H groups in total. The molecule has 1 fully saturated rings. The fourth-order valence-corrected chi connectivity index (χ4v) is 4.94. The third kappa shape index (κ3) is 3.15. The molecule has 1 aliphatic heterocycles. The molecule has 31 heavy (non-hydrogen) atoms. The normalized spacial score (nSPS) is 16.3. The van der Waals surface area contributed by atoms with Crippen LogP contribution in [0.4, 0.5) is 11.5 Å². The average molecular weight is 435 g/mol. The van der Waals surface area contributed by atoms with E-state index < -0.39 is 0 Å². The predicted molar refractivity (Wildman–Crippen MR) is 121 cm³/mol. The molecule has 0 radical (unpaired) electrons. The van der Waals surface area contributed by atoms with E-state index in [0.29, 0.717) is 17.4 Å². The van der Waals surface area contributed by atoms with Crippen molar-refractivity contribution in [2.75, 3.05) is 36.0 Å². The van der Waals surface area contributed by atoms with Crippen molar-refractivity contribution in [2.45, 2.75) is 26.2 Å². The van der Waals surface area contributed by atoms with Crippen LogP contribution in [0.25, 0.3) is 17.4 Å². The van der Waals surface area contributed by atoms with E-state index in [9.17, 15) is 0 Å². The molecule has 2 aliphatic rings. The number of aryl methyl sites for hydroxylation is 2. The molecule has 1 aromatic carbocycles. The monoisotopic (exact) mass is 434 g/mol. The van der Waals surface area contributed by atoms with Gasteiger partial charge in [0.05, 0.1) is 12.0 Å². The van der Waals surface area contributed by atoms with Crippen molar-refractivity contribution < 1.29 is 4.42 Å². The third-order valence-electron chi connectivity index (χ3n) is 6.32. The molecule has 1 saturated heterocycles. The van der Waals surface area contributed by atoms with Gasteiger partial charge in [-0.05, 0) is 56.0 Å². The second kappa shape index (κ2) is 7.27. The number of hydrogen-bond donors (Lipinski definition) is 0. The van der Waals surface area contributed by atoms with Gasteiger partial charge in [-0.15, -0.1) is 5.10 Å². The van der Waals surface area contributed by atoms with E-state index in [1.165, 1.54) is 16.8 Å². The molecular formula is C23H23ClN6O. The molecule has 0 atom stereocenters. The summed E-state index contributed by atoms with van der Waals surface area (Å²) in [7, 11) is 0. The second-order valence-electron chi connectivity index (χ2n) is 8.24. The van der Waals surface area contributed by atoms with Gasteiger partial charge in [0.15, 0.2) is 5.76 Å². The smallest absolute Gasteiger partial charge is 0.255 e. The molecule has 8 heteroatoms. The lowest BCUT2D eigenvalue weighted by Gasteiger charge is -2.38. The molecule has 3 aromatic heterocycles. The zero-order valence-corrected chi connectivity index (χ0v) is 18.1. The van der Waals surface area contributed by atoms with E-state index in [4.69, 9.17) is 26.1 Å². The van der Waals surface area contributed by atoms with Gasteiger partial charge in [0.1, 0.15) is 5.82 Å². The van der Waals surface area contributed by atoms with E-state index in [-0.39, 0.29) is 0 Å². The first-order valence-electron chi connectivity index (χ1n) is 10.8. The Balaban J connectivity index is 1.36. The molecule has 0 bridgehead atoms. The second-order valence-corrected chi connectivity index (χ2v) is 8.68. The average Bonchev–Trinajstić information content (AvgIpc) is 3.54. The Bertz CT molecular complexity index is 1260. The Labute approximate surface area is 185 Å². The quantitative estimate of drug-likeness (QED) is 0.482. The predicted octanol–water partition coefficient (Wildman–Crippen LogP) is 4.16. The Morgan fingerprint density at radius 2 is 1.84 bits per heavy atom. The van der Waals surface area contributed by atoms with Gasteiger partial charge in [0.2, 0.25) is 5.82 Å². The summed E-state index contributed by atoms with van der Waals surface area (Å²) in [4.78, 5) is 14.4. The number of aromatic nitrogens is 4. The first-order chi connectivity index (χ1) is 15.2. The van der Waals surface area contributed by atoms with Crippen molar-refractivity contribution in [3.63, 3.8) is 0 Å². The number of anilines is 2. The zero-order chi connectivity index (χ0) is 20.9. The highest BCUT2D eigenvalue weighted by atomic mass is 35.5. The van der Waals surface area contributed by atoms with Crippen molar-refractivity contribution >= 4 is 28.9 Å². The largest absolute Gasteiger partial charge is 0.461 e. The number of nitrogens with zero attached hydrogens (tertiary/aromatic N) is 6. The standard InChI is InChI=1S/C23H23ClN6O/c1-15-7-8-16(24)14-19(15)28-9-11-29(12-10-28)22-17-4-2-5-18(17)25-23-26-21(27-30(22)23)20-6-3-13-31-20/h3,6-8,13-14H,2,4-5,9-12H2,1H3. The fraction of sp³-hybridized carbons (Fsp3) is 0.348. The summed E-state index contributed by atoms with van der Waals surface area (Å²) in [5.74, 6) is 3.04. The van der Waals surface area contributed by atoms with E-state index in [0.717, 1.165) is 62.0 Å². The number of fused-ring (bicyclic) bond motifs is 2. The van der Waals surface area contributed by atoms with Crippen molar-refractivity contribution in [3.05, 3.63) is 58.4 Å². The van der Waals surface area contributed by atoms with Gasteiger partial charge in [-0.2, -0.15) is 9.50 Å². The highest BCUT2D eigenvalue weighted by Crippen LogP contribution is 2.33. The molecule has 6 rings (SSSR count). The van der Waals surface area contributed by atoms with Gasteiger partial charge in [0.25, 0.3) is 5.78 Å². The van der Waals surface area contributed by atoms with Gasteiger partial charge in [-0.25, -0.2) is 4.98 Å². The summed E-state index contributed by atoms with van der Waals surface area (Å²) < 4.78 is 7.44. The fourth-order valence-electron chi connectivity index (χ4n) is 4.78. The molecule has 4 heterocycles. The van der Waals surface area contributed by atoms with Crippen molar-refractivity contribution in [1.29, 1.82) is 0 Å². The Hall–Kier alpha value is -3.06. The molecule has 4 aromatic rings. The van der Waals surface area contributed by atoms with E-state index >= 15 is 0 Å². The van der Waals surface area contributed by atoms with Crippen LogP contribution in [0.3, 0.4) is 0 Å². The van der Waals surface area contributed by atoms with Gasteiger partial charge >= 0.3 is 0 Å². The maximum absolute atomic E-state index is 6.26. The van der Waals surface area contributed by atoms with Gasteiger partial charge in [0, 0.05) is 42.5 Å². The minimum atomic E-state index is 0.579. The number of piperazine rings is 1. The topological polar surface area (TPSA) is 62.7 Å². The van der Waals surface area contributed by atoms with E-state index in [1.807, 2.05) is 22.7 Å². The first kappa shape index (κ1) is 18.7. The van der Waals surface area contributed by atoms with Crippen molar-refractivity contribution in [3.8, 4) is 11.6 Å². The van der Waals surface area contributed by atoms with Crippen LogP contribution in [0.15, 0.2) is 41.0 Å². The minimum Gasteiger partial charge on any atom is -0.461 e. The molecule has 0 unspecified atom stereocenters. The highest BCUT2D eigenvalue weighted by Gasteiger charge is 2.28. The summed E-state index contributed by atoms with van der Waals surface area (Å²) in [6.07, 6.45) is 4.82. The van der Waals surface area contributed by atoms with Crippen LogP contribution in [0.1, 0.15) is 23.2 Å². The molecule has 0 spiro atoms. The number of rotatable bonds is 3. The lowest BCUT2D eigenvalue weighted by Crippen LogP contribution is -2.47. The lowest BCUT2D eigenvalue weighted by molar-refractivity contribution is 0.577. The third-order valence-corrected chi connectivity index (χ3v) is 6.55. The number of halogens is 1. The van der Waals surface area contributed by atoms with Crippen LogP contribution >= 0.6 is 11.6 Å². The zero-order valence-electron chi connectivity index (χ0n) is 17.4. The summed E-state index contributed by atoms with van der Waals surface area (Å²) in [6, 6.07) is 9.85. The molecule has 7 nitrogen and oxygen atoms in total. The Morgan fingerprint density at radius 3 is 2.65 bits per heavy atom.